The van der Waals surface area contributed by atoms with Crippen molar-refractivity contribution in [3.8, 4) is 0 Å². The van der Waals surface area contributed by atoms with E-state index in [4.69, 9.17) is 4.74 Å². The van der Waals surface area contributed by atoms with Crippen LogP contribution in [0.15, 0.2) is 0 Å². The molecule has 0 aromatic heterocycles. The second kappa shape index (κ2) is 6.97. The Kier molecular flexibility index (Phi) is 5.26. The van der Waals surface area contributed by atoms with Gasteiger partial charge in [-0.1, -0.05) is 12.8 Å². The van der Waals surface area contributed by atoms with Crippen LogP contribution in [-0.4, -0.2) is 49.7 Å². The number of hydrogen-bond acceptors (Lipinski definition) is 3. The summed E-state index contributed by atoms with van der Waals surface area (Å²) in [6.07, 6.45) is 7.57. The molecular weight excluding hydrogens is 216 g/mol. The van der Waals surface area contributed by atoms with Gasteiger partial charge in [0.2, 0.25) is 5.91 Å². The Morgan fingerprint density at radius 2 is 1.94 bits per heavy atom. The van der Waals surface area contributed by atoms with E-state index in [1.807, 2.05) is 0 Å². The lowest BCUT2D eigenvalue weighted by Gasteiger charge is -2.19. The third-order valence-electron chi connectivity index (χ3n) is 3.62. The van der Waals surface area contributed by atoms with Crippen molar-refractivity contribution < 1.29 is 9.53 Å². The number of hydrogen-bond donors (Lipinski definition) is 1. The fourth-order valence-electron chi connectivity index (χ4n) is 2.59. The van der Waals surface area contributed by atoms with Crippen molar-refractivity contribution in [2.24, 2.45) is 0 Å². The van der Waals surface area contributed by atoms with E-state index >= 15 is 0 Å². The summed E-state index contributed by atoms with van der Waals surface area (Å²) in [4.78, 5) is 14.0. The van der Waals surface area contributed by atoms with Crippen LogP contribution < -0.4 is 5.32 Å². The van der Waals surface area contributed by atoms with Crippen LogP contribution in [0.2, 0.25) is 0 Å². The Bertz CT molecular complexity index is 232. The molecule has 1 amide bonds. The predicted octanol–water partition coefficient (Wildman–Crippen LogP) is 1.16. The first-order valence-electron chi connectivity index (χ1n) is 6.95. The standard InChI is InChI=1S/C13H24N2O2/c16-13(14-10-12-6-5-9-17-12)11-15-7-3-1-2-4-8-15/h12H,1-11H2,(H,14,16)/t12-/m1/s1. The number of ether oxygens (including phenoxy) is 1. The molecular formula is C13H24N2O2. The van der Waals surface area contributed by atoms with E-state index in [1.54, 1.807) is 0 Å². The van der Waals surface area contributed by atoms with E-state index in [2.05, 4.69) is 10.2 Å². The van der Waals surface area contributed by atoms with Gasteiger partial charge in [-0.05, 0) is 38.8 Å². The van der Waals surface area contributed by atoms with Crippen molar-refractivity contribution in [3.05, 3.63) is 0 Å². The zero-order valence-electron chi connectivity index (χ0n) is 10.6. The van der Waals surface area contributed by atoms with Gasteiger partial charge in [-0.15, -0.1) is 0 Å². The lowest BCUT2D eigenvalue weighted by atomic mass is 10.2. The lowest BCUT2D eigenvalue weighted by Crippen LogP contribution is -2.40. The number of rotatable bonds is 4. The Morgan fingerprint density at radius 1 is 1.18 bits per heavy atom. The fraction of sp³-hybridized carbons (Fsp3) is 0.923. The van der Waals surface area contributed by atoms with Gasteiger partial charge in [0, 0.05) is 13.2 Å². The highest BCUT2D eigenvalue weighted by atomic mass is 16.5. The SMILES string of the molecule is O=C(CN1CCCCCC1)NC[C@H]1CCCO1. The molecule has 2 fully saturated rings. The van der Waals surface area contributed by atoms with E-state index in [1.165, 1.54) is 25.7 Å². The van der Waals surface area contributed by atoms with Gasteiger partial charge in [0.15, 0.2) is 0 Å². The third-order valence-corrected chi connectivity index (χ3v) is 3.62. The van der Waals surface area contributed by atoms with Gasteiger partial charge in [0.05, 0.1) is 12.6 Å². The largest absolute Gasteiger partial charge is 0.376 e. The maximum atomic E-state index is 11.8. The smallest absolute Gasteiger partial charge is 0.234 e. The highest BCUT2D eigenvalue weighted by molar-refractivity contribution is 5.78. The van der Waals surface area contributed by atoms with Crippen LogP contribution in [-0.2, 0) is 9.53 Å². The molecule has 98 valence electrons. The second-order valence-electron chi connectivity index (χ2n) is 5.13. The van der Waals surface area contributed by atoms with Crippen molar-refractivity contribution >= 4 is 5.91 Å². The molecule has 0 aromatic carbocycles. The molecule has 4 nitrogen and oxygen atoms in total. The van der Waals surface area contributed by atoms with Gasteiger partial charge in [0.1, 0.15) is 0 Å². The molecule has 4 heteroatoms. The monoisotopic (exact) mass is 240 g/mol. The molecule has 0 aliphatic carbocycles. The molecule has 2 rings (SSSR count). The van der Waals surface area contributed by atoms with Gasteiger partial charge in [-0.25, -0.2) is 0 Å². The molecule has 0 saturated carbocycles. The second-order valence-corrected chi connectivity index (χ2v) is 5.13. The number of amides is 1. The Hall–Kier alpha value is -0.610. The van der Waals surface area contributed by atoms with Crippen molar-refractivity contribution in [3.63, 3.8) is 0 Å². The van der Waals surface area contributed by atoms with E-state index in [9.17, 15) is 4.79 Å². The molecule has 0 radical (unpaired) electrons. The first kappa shape index (κ1) is 12.8. The summed E-state index contributed by atoms with van der Waals surface area (Å²) in [6, 6.07) is 0. The van der Waals surface area contributed by atoms with Crippen molar-refractivity contribution in [2.45, 2.75) is 44.6 Å². The van der Waals surface area contributed by atoms with Crippen LogP contribution in [0.3, 0.4) is 0 Å². The van der Waals surface area contributed by atoms with Crippen molar-refractivity contribution in [1.82, 2.24) is 10.2 Å². The topological polar surface area (TPSA) is 41.6 Å². The van der Waals surface area contributed by atoms with Crippen molar-refractivity contribution in [2.75, 3.05) is 32.8 Å². The summed E-state index contributed by atoms with van der Waals surface area (Å²) in [5, 5.41) is 2.99. The highest BCUT2D eigenvalue weighted by Crippen LogP contribution is 2.11. The Morgan fingerprint density at radius 3 is 2.59 bits per heavy atom. The van der Waals surface area contributed by atoms with E-state index in [0.717, 1.165) is 32.5 Å². The summed E-state index contributed by atoms with van der Waals surface area (Å²) in [6.45, 7) is 4.26. The Balaban J connectivity index is 1.61. The first-order chi connectivity index (χ1) is 8.34. The van der Waals surface area contributed by atoms with Crippen LogP contribution >= 0.6 is 0 Å². The first-order valence-corrected chi connectivity index (χ1v) is 6.95. The molecule has 0 bridgehead atoms. The summed E-state index contributed by atoms with van der Waals surface area (Å²) < 4.78 is 5.48. The quantitative estimate of drug-likeness (QED) is 0.801. The summed E-state index contributed by atoms with van der Waals surface area (Å²) in [5.74, 6) is 0.155. The van der Waals surface area contributed by atoms with Gasteiger partial charge < -0.3 is 10.1 Å². The van der Waals surface area contributed by atoms with Gasteiger partial charge >= 0.3 is 0 Å². The average Bonchev–Trinajstić information content (AvgIpc) is 2.72. The van der Waals surface area contributed by atoms with Crippen molar-refractivity contribution in [1.29, 1.82) is 0 Å². The van der Waals surface area contributed by atoms with Crippen LogP contribution in [0.1, 0.15) is 38.5 Å². The average molecular weight is 240 g/mol. The molecule has 0 spiro atoms. The summed E-state index contributed by atoms with van der Waals surface area (Å²) in [5.41, 5.74) is 0. The predicted molar refractivity (Wildman–Crippen MR) is 66.9 cm³/mol. The third kappa shape index (κ3) is 4.64. The van der Waals surface area contributed by atoms with E-state index < -0.39 is 0 Å². The molecule has 2 heterocycles. The number of likely N-dealkylation sites (tertiary alicyclic amines) is 1. The minimum atomic E-state index is 0.155. The number of carbonyl (C=O) groups excluding carboxylic acids is 1. The maximum absolute atomic E-state index is 11.8. The zero-order valence-corrected chi connectivity index (χ0v) is 10.6. The molecule has 2 aliphatic rings. The molecule has 17 heavy (non-hydrogen) atoms. The maximum Gasteiger partial charge on any atom is 0.234 e. The number of nitrogens with one attached hydrogen (secondary N) is 1. The number of nitrogens with zero attached hydrogens (tertiary/aromatic N) is 1. The van der Waals surface area contributed by atoms with Crippen LogP contribution in [0.4, 0.5) is 0 Å². The van der Waals surface area contributed by atoms with Gasteiger partial charge in [-0.2, -0.15) is 0 Å². The molecule has 0 aromatic rings. The Labute approximate surface area is 104 Å². The van der Waals surface area contributed by atoms with E-state index in [0.29, 0.717) is 13.1 Å². The van der Waals surface area contributed by atoms with Crippen LogP contribution in [0.5, 0.6) is 0 Å². The highest BCUT2D eigenvalue weighted by Gasteiger charge is 2.17. The van der Waals surface area contributed by atoms with Gasteiger partial charge in [0.25, 0.3) is 0 Å². The normalized spacial score (nSPS) is 26.7. The van der Waals surface area contributed by atoms with E-state index in [-0.39, 0.29) is 12.0 Å². The fourth-order valence-corrected chi connectivity index (χ4v) is 2.59. The molecule has 1 atom stereocenters. The van der Waals surface area contributed by atoms with Crippen LogP contribution in [0.25, 0.3) is 0 Å². The summed E-state index contributed by atoms with van der Waals surface area (Å²) in [7, 11) is 0. The van der Waals surface area contributed by atoms with Gasteiger partial charge in [-0.3, -0.25) is 9.69 Å². The minimum Gasteiger partial charge on any atom is -0.376 e. The zero-order chi connectivity index (χ0) is 11.9. The molecule has 1 N–H and O–H groups in total. The summed E-state index contributed by atoms with van der Waals surface area (Å²) >= 11 is 0. The molecule has 0 unspecified atom stereocenters. The minimum absolute atomic E-state index is 0.155. The van der Waals surface area contributed by atoms with Crippen LogP contribution in [0, 0.1) is 0 Å². The lowest BCUT2D eigenvalue weighted by molar-refractivity contribution is -0.122. The molecule has 2 saturated heterocycles. The number of carbonyl (C=O) groups is 1. The molecule has 2 aliphatic heterocycles.